The number of rotatable bonds is 7. The van der Waals surface area contributed by atoms with E-state index in [9.17, 15) is 9.59 Å². The molecule has 27 heavy (non-hydrogen) atoms. The molecule has 0 atom stereocenters. The smallest absolute Gasteiger partial charge is 0.290 e. The normalized spacial score (nSPS) is 10.7. The Bertz CT molecular complexity index is 934. The van der Waals surface area contributed by atoms with Gasteiger partial charge in [-0.1, -0.05) is 43.3 Å². The molecular weight excluding hydrogens is 340 g/mol. The molecule has 6 nitrogen and oxygen atoms in total. The van der Waals surface area contributed by atoms with E-state index < -0.39 is 0 Å². The van der Waals surface area contributed by atoms with Crippen molar-refractivity contribution in [3.05, 3.63) is 71.8 Å². The molecule has 0 aliphatic rings. The quantitative estimate of drug-likeness (QED) is 0.700. The van der Waals surface area contributed by atoms with Crippen LogP contribution in [0.3, 0.4) is 0 Å². The number of carbonyl (C=O) groups is 2. The molecule has 1 aromatic carbocycles. The third kappa shape index (κ3) is 4.00. The Labute approximate surface area is 158 Å². The number of carbonyl (C=O) groups excluding carboxylic acids is 2. The largest absolute Gasteiger partial charge is 0.351 e. The predicted octanol–water partition coefficient (Wildman–Crippen LogP) is 3.14. The molecule has 0 radical (unpaired) electrons. The highest BCUT2D eigenvalue weighted by Crippen LogP contribution is 2.16. The fraction of sp³-hybridized carbons (Fsp3) is 0.286. The average molecular weight is 364 g/mol. The molecule has 1 N–H and O–H groups in total. The third-order valence-electron chi connectivity index (χ3n) is 4.38. The van der Waals surface area contributed by atoms with Crippen LogP contribution in [0.15, 0.2) is 54.7 Å². The van der Waals surface area contributed by atoms with Crippen LogP contribution in [-0.4, -0.2) is 39.2 Å². The van der Waals surface area contributed by atoms with Crippen LogP contribution in [-0.2, 0) is 6.54 Å². The number of imidazole rings is 1. The summed E-state index contributed by atoms with van der Waals surface area (Å²) in [6.45, 7) is 5.54. The Morgan fingerprint density at radius 2 is 1.81 bits per heavy atom. The molecule has 0 unspecified atom stereocenters. The summed E-state index contributed by atoms with van der Waals surface area (Å²) in [6.07, 6.45) is 2.60. The zero-order chi connectivity index (χ0) is 19.2. The summed E-state index contributed by atoms with van der Waals surface area (Å²) < 4.78 is 1.69. The summed E-state index contributed by atoms with van der Waals surface area (Å²) >= 11 is 0. The van der Waals surface area contributed by atoms with Gasteiger partial charge in [-0.15, -0.1) is 0 Å². The van der Waals surface area contributed by atoms with Crippen molar-refractivity contribution in [1.82, 2.24) is 19.6 Å². The topological polar surface area (TPSA) is 66.7 Å². The summed E-state index contributed by atoms with van der Waals surface area (Å²) in [4.78, 5) is 31.8. The van der Waals surface area contributed by atoms with Gasteiger partial charge >= 0.3 is 0 Å². The van der Waals surface area contributed by atoms with Gasteiger partial charge in [0.25, 0.3) is 11.8 Å². The van der Waals surface area contributed by atoms with Crippen LogP contribution in [0.5, 0.6) is 0 Å². The zero-order valence-electron chi connectivity index (χ0n) is 15.7. The summed E-state index contributed by atoms with van der Waals surface area (Å²) in [5.41, 5.74) is 1.96. The number of fused-ring (bicyclic) bond motifs is 1. The molecule has 0 aliphatic carbocycles. The average Bonchev–Trinajstić information content (AvgIpc) is 3.10. The molecular formula is C21H24N4O2. The monoisotopic (exact) mass is 364 g/mol. The first-order chi connectivity index (χ1) is 13.2. The van der Waals surface area contributed by atoms with Crippen LogP contribution < -0.4 is 5.32 Å². The van der Waals surface area contributed by atoms with Crippen molar-refractivity contribution >= 4 is 17.3 Å². The van der Waals surface area contributed by atoms with Crippen LogP contribution in [0, 0.1) is 0 Å². The minimum Gasteiger partial charge on any atom is -0.351 e. The van der Waals surface area contributed by atoms with E-state index in [2.05, 4.69) is 10.3 Å². The third-order valence-corrected chi connectivity index (χ3v) is 4.38. The van der Waals surface area contributed by atoms with Crippen molar-refractivity contribution < 1.29 is 9.59 Å². The van der Waals surface area contributed by atoms with Gasteiger partial charge in [0.2, 0.25) is 5.82 Å². The van der Waals surface area contributed by atoms with Crippen molar-refractivity contribution in [2.45, 2.75) is 26.8 Å². The molecule has 2 amide bonds. The van der Waals surface area contributed by atoms with E-state index in [1.165, 1.54) is 0 Å². The lowest BCUT2D eigenvalue weighted by atomic mass is 10.2. The predicted molar refractivity (Wildman–Crippen MR) is 105 cm³/mol. The Morgan fingerprint density at radius 3 is 2.52 bits per heavy atom. The van der Waals surface area contributed by atoms with E-state index in [0.717, 1.165) is 12.0 Å². The van der Waals surface area contributed by atoms with Gasteiger partial charge in [0.05, 0.1) is 5.52 Å². The molecule has 0 fully saturated rings. The van der Waals surface area contributed by atoms with Gasteiger partial charge in [0.1, 0.15) is 0 Å². The van der Waals surface area contributed by atoms with Crippen molar-refractivity contribution in [2.24, 2.45) is 0 Å². The van der Waals surface area contributed by atoms with Crippen LogP contribution in [0.4, 0.5) is 0 Å². The highest BCUT2D eigenvalue weighted by molar-refractivity contribution is 6.02. The second-order valence-electron chi connectivity index (χ2n) is 6.30. The Hall–Kier alpha value is -3.15. The fourth-order valence-electron chi connectivity index (χ4n) is 2.95. The molecule has 2 aromatic heterocycles. The summed E-state index contributed by atoms with van der Waals surface area (Å²) in [6, 6.07) is 15.3. The fourth-order valence-corrected chi connectivity index (χ4v) is 2.95. The van der Waals surface area contributed by atoms with E-state index in [4.69, 9.17) is 0 Å². The van der Waals surface area contributed by atoms with E-state index in [0.29, 0.717) is 25.2 Å². The lowest BCUT2D eigenvalue weighted by molar-refractivity contribution is 0.0739. The first-order valence-electron chi connectivity index (χ1n) is 9.24. The van der Waals surface area contributed by atoms with Gasteiger partial charge in [0, 0.05) is 25.8 Å². The van der Waals surface area contributed by atoms with Crippen LogP contribution in [0.25, 0.3) is 5.52 Å². The molecule has 3 rings (SSSR count). The standard InChI is InChI=1S/C21H24N4O2/c1-3-13-22-20(26)18-17-12-8-9-14-25(17)19(23-18)21(27)24(4-2)15-16-10-6-5-7-11-16/h5-12,14H,3-4,13,15H2,1-2H3,(H,22,26). The molecule has 3 aromatic rings. The van der Waals surface area contributed by atoms with Gasteiger partial charge in [0.15, 0.2) is 5.69 Å². The van der Waals surface area contributed by atoms with Gasteiger partial charge in [-0.3, -0.25) is 14.0 Å². The summed E-state index contributed by atoms with van der Waals surface area (Å²) in [5, 5.41) is 2.84. The first-order valence-corrected chi connectivity index (χ1v) is 9.24. The van der Waals surface area contributed by atoms with Crippen molar-refractivity contribution in [2.75, 3.05) is 13.1 Å². The van der Waals surface area contributed by atoms with E-state index >= 15 is 0 Å². The SMILES string of the molecule is CCCNC(=O)c1nc(C(=O)N(CC)Cc2ccccc2)n2ccccc12. The summed E-state index contributed by atoms with van der Waals surface area (Å²) in [7, 11) is 0. The second kappa shape index (κ2) is 8.49. The van der Waals surface area contributed by atoms with Gasteiger partial charge in [-0.25, -0.2) is 4.98 Å². The second-order valence-corrected chi connectivity index (χ2v) is 6.30. The summed E-state index contributed by atoms with van der Waals surface area (Å²) in [5.74, 6) is -0.201. The lowest BCUT2D eigenvalue weighted by Gasteiger charge is -2.20. The number of pyridine rings is 1. The van der Waals surface area contributed by atoms with Gasteiger partial charge < -0.3 is 10.2 Å². The van der Waals surface area contributed by atoms with Gasteiger partial charge in [-0.2, -0.15) is 0 Å². The van der Waals surface area contributed by atoms with Crippen molar-refractivity contribution in [3.63, 3.8) is 0 Å². The van der Waals surface area contributed by atoms with Gasteiger partial charge in [-0.05, 0) is 31.0 Å². The first kappa shape index (κ1) is 18.6. The Morgan fingerprint density at radius 1 is 1.07 bits per heavy atom. The van der Waals surface area contributed by atoms with Crippen molar-refractivity contribution in [3.8, 4) is 0 Å². The molecule has 0 aliphatic heterocycles. The number of hydrogen-bond acceptors (Lipinski definition) is 3. The highest BCUT2D eigenvalue weighted by Gasteiger charge is 2.24. The number of nitrogens with one attached hydrogen (secondary N) is 1. The molecule has 6 heteroatoms. The lowest BCUT2D eigenvalue weighted by Crippen LogP contribution is -2.32. The molecule has 0 saturated carbocycles. The Kier molecular flexibility index (Phi) is 5.86. The number of benzene rings is 1. The number of aromatic nitrogens is 2. The zero-order valence-corrected chi connectivity index (χ0v) is 15.7. The molecule has 0 spiro atoms. The minimum absolute atomic E-state index is 0.197. The molecule has 0 bridgehead atoms. The minimum atomic E-state index is -0.259. The maximum absolute atomic E-state index is 13.2. The molecule has 140 valence electrons. The van der Waals surface area contributed by atoms with E-state index in [-0.39, 0.29) is 23.3 Å². The Balaban J connectivity index is 1.95. The van der Waals surface area contributed by atoms with Crippen LogP contribution in [0.2, 0.25) is 0 Å². The molecule has 2 heterocycles. The van der Waals surface area contributed by atoms with Crippen molar-refractivity contribution in [1.29, 1.82) is 0 Å². The number of amides is 2. The maximum Gasteiger partial charge on any atom is 0.290 e. The maximum atomic E-state index is 13.2. The van der Waals surface area contributed by atoms with Crippen LogP contribution >= 0.6 is 0 Å². The molecule has 0 saturated heterocycles. The van der Waals surface area contributed by atoms with E-state index in [1.807, 2.05) is 56.3 Å². The number of hydrogen-bond donors (Lipinski definition) is 1. The highest BCUT2D eigenvalue weighted by atomic mass is 16.2. The number of nitrogens with zero attached hydrogens (tertiary/aromatic N) is 3. The van der Waals surface area contributed by atoms with E-state index in [1.54, 1.807) is 21.6 Å². The van der Waals surface area contributed by atoms with Crippen LogP contribution in [0.1, 0.15) is 46.9 Å².